The third-order valence-electron chi connectivity index (χ3n) is 3.62. The number of amides is 1. The molecule has 0 atom stereocenters. The van der Waals surface area contributed by atoms with E-state index < -0.39 is 60.1 Å². The van der Waals surface area contributed by atoms with Gasteiger partial charge in [-0.3, -0.25) is 9.59 Å². The standard InChI is InChI=1S/C17H14F6N2O3/c18-16(19,20)3-1-5-28-14-11(9-2-4-25-13(26)6-9)7-10(17(21,22)23)8-12(14)15(24)27/h2,4,6-8H,1,3,5H2,(H2,24,27)(H,25,26). The number of hydrogen-bond acceptors (Lipinski definition) is 3. The monoisotopic (exact) mass is 408 g/mol. The summed E-state index contributed by atoms with van der Waals surface area (Å²) in [5.74, 6) is -1.68. The van der Waals surface area contributed by atoms with Crippen LogP contribution in [-0.2, 0) is 6.18 Å². The normalized spacial score (nSPS) is 12.1. The van der Waals surface area contributed by atoms with Crippen molar-refractivity contribution in [3.8, 4) is 16.9 Å². The molecule has 0 bridgehead atoms. The van der Waals surface area contributed by atoms with Gasteiger partial charge in [0.2, 0.25) is 5.56 Å². The van der Waals surface area contributed by atoms with Crippen LogP contribution in [0.5, 0.6) is 5.75 Å². The second-order valence-corrected chi connectivity index (χ2v) is 5.77. The first-order valence-corrected chi connectivity index (χ1v) is 7.82. The maximum atomic E-state index is 13.2. The zero-order chi connectivity index (χ0) is 21.1. The third kappa shape index (κ3) is 5.51. The molecule has 0 unspecified atom stereocenters. The topological polar surface area (TPSA) is 85.2 Å². The van der Waals surface area contributed by atoms with Crippen LogP contribution in [0.2, 0.25) is 0 Å². The van der Waals surface area contributed by atoms with Crippen LogP contribution in [0.25, 0.3) is 11.1 Å². The van der Waals surface area contributed by atoms with Crippen molar-refractivity contribution in [1.29, 1.82) is 0 Å². The molecule has 0 aliphatic heterocycles. The highest BCUT2D eigenvalue weighted by Crippen LogP contribution is 2.39. The number of aromatic amines is 1. The van der Waals surface area contributed by atoms with Gasteiger partial charge in [-0.25, -0.2) is 0 Å². The summed E-state index contributed by atoms with van der Waals surface area (Å²) in [6, 6.07) is 3.31. The number of aromatic nitrogens is 1. The van der Waals surface area contributed by atoms with Crippen LogP contribution < -0.4 is 16.0 Å². The first-order chi connectivity index (χ1) is 12.9. The Morgan fingerprint density at radius 1 is 1.11 bits per heavy atom. The number of alkyl halides is 6. The van der Waals surface area contributed by atoms with E-state index in [9.17, 15) is 35.9 Å². The fourth-order valence-corrected chi connectivity index (χ4v) is 2.40. The van der Waals surface area contributed by atoms with Crippen LogP contribution in [0.1, 0.15) is 28.8 Å². The summed E-state index contributed by atoms with van der Waals surface area (Å²) in [5.41, 5.74) is 2.31. The van der Waals surface area contributed by atoms with Gasteiger partial charge in [0, 0.05) is 24.2 Å². The predicted octanol–water partition coefficient (Wildman–Crippen LogP) is 3.88. The van der Waals surface area contributed by atoms with Crippen molar-refractivity contribution in [2.45, 2.75) is 25.2 Å². The van der Waals surface area contributed by atoms with Crippen molar-refractivity contribution >= 4 is 5.91 Å². The number of carbonyl (C=O) groups excluding carboxylic acids is 1. The van der Waals surface area contributed by atoms with Crippen LogP contribution in [0, 0.1) is 0 Å². The van der Waals surface area contributed by atoms with Crippen molar-refractivity contribution < 1.29 is 35.9 Å². The molecule has 1 aromatic carbocycles. The van der Waals surface area contributed by atoms with Gasteiger partial charge >= 0.3 is 12.4 Å². The van der Waals surface area contributed by atoms with Gasteiger partial charge in [0.1, 0.15) is 5.75 Å². The second kappa shape index (κ2) is 7.95. The van der Waals surface area contributed by atoms with Gasteiger partial charge in [-0.1, -0.05) is 0 Å². The molecule has 2 rings (SSSR count). The van der Waals surface area contributed by atoms with Crippen molar-refractivity contribution in [3.63, 3.8) is 0 Å². The van der Waals surface area contributed by atoms with Crippen molar-refractivity contribution in [2.24, 2.45) is 5.73 Å². The highest BCUT2D eigenvalue weighted by atomic mass is 19.4. The Balaban J connectivity index is 2.56. The maximum Gasteiger partial charge on any atom is 0.416 e. The van der Waals surface area contributed by atoms with Crippen molar-refractivity contribution in [3.05, 3.63) is 51.9 Å². The molecule has 0 saturated carbocycles. The Hall–Kier alpha value is -2.98. The first-order valence-electron chi connectivity index (χ1n) is 7.82. The summed E-state index contributed by atoms with van der Waals surface area (Å²) in [7, 11) is 0. The Labute approximate surface area is 154 Å². The zero-order valence-electron chi connectivity index (χ0n) is 14.1. The molecule has 0 radical (unpaired) electrons. The number of H-pyrrole nitrogens is 1. The Morgan fingerprint density at radius 3 is 2.32 bits per heavy atom. The molecule has 11 heteroatoms. The number of halogens is 6. The van der Waals surface area contributed by atoms with E-state index in [4.69, 9.17) is 10.5 Å². The molecule has 28 heavy (non-hydrogen) atoms. The third-order valence-corrected chi connectivity index (χ3v) is 3.62. The van der Waals surface area contributed by atoms with Gasteiger partial charge in [-0.15, -0.1) is 0 Å². The number of nitrogens with two attached hydrogens (primary N) is 1. The minimum absolute atomic E-state index is 0.0248. The minimum Gasteiger partial charge on any atom is -0.492 e. The Morgan fingerprint density at radius 2 is 1.79 bits per heavy atom. The van der Waals surface area contributed by atoms with Crippen LogP contribution in [0.4, 0.5) is 26.3 Å². The number of pyridine rings is 1. The number of nitrogens with one attached hydrogen (secondary N) is 1. The summed E-state index contributed by atoms with van der Waals surface area (Å²) in [6.07, 6.45) is -9.78. The van der Waals surface area contributed by atoms with Gasteiger partial charge < -0.3 is 15.5 Å². The molecule has 152 valence electrons. The van der Waals surface area contributed by atoms with E-state index in [1.54, 1.807) is 0 Å². The van der Waals surface area contributed by atoms with E-state index in [0.29, 0.717) is 12.1 Å². The maximum absolute atomic E-state index is 13.2. The van der Waals surface area contributed by atoms with Gasteiger partial charge in [-0.2, -0.15) is 26.3 Å². The van der Waals surface area contributed by atoms with Gasteiger partial charge in [0.05, 0.1) is 17.7 Å². The van der Waals surface area contributed by atoms with E-state index in [0.717, 1.165) is 12.3 Å². The van der Waals surface area contributed by atoms with E-state index in [1.165, 1.54) is 6.07 Å². The molecular weight excluding hydrogens is 394 g/mol. The molecule has 5 nitrogen and oxygen atoms in total. The Bertz CT molecular complexity index is 918. The lowest BCUT2D eigenvalue weighted by atomic mass is 9.98. The van der Waals surface area contributed by atoms with E-state index in [2.05, 4.69) is 4.98 Å². The zero-order valence-corrected chi connectivity index (χ0v) is 14.1. The molecule has 1 aromatic heterocycles. The molecule has 0 saturated heterocycles. The van der Waals surface area contributed by atoms with Crippen LogP contribution >= 0.6 is 0 Å². The molecule has 1 amide bonds. The average Bonchev–Trinajstić information content (AvgIpc) is 2.56. The molecule has 2 aromatic rings. The number of carbonyl (C=O) groups is 1. The highest BCUT2D eigenvalue weighted by molar-refractivity contribution is 5.98. The summed E-state index contributed by atoms with van der Waals surface area (Å²) < 4.78 is 81.6. The van der Waals surface area contributed by atoms with Crippen molar-refractivity contribution in [1.82, 2.24) is 4.98 Å². The van der Waals surface area contributed by atoms with Crippen LogP contribution in [0.15, 0.2) is 35.3 Å². The lowest BCUT2D eigenvalue weighted by Gasteiger charge is -2.18. The van der Waals surface area contributed by atoms with Crippen LogP contribution in [0.3, 0.4) is 0 Å². The minimum atomic E-state index is -4.84. The summed E-state index contributed by atoms with van der Waals surface area (Å²) in [6.45, 7) is -0.526. The smallest absolute Gasteiger partial charge is 0.416 e. The quantitative estimate of drug-likeness (QED) is 0.562. The molecule has 1 heterocycles. The van der Waals surface area contributed by atoms with E-state index in [1.807, 2.05) is 0 Å². The predicted molar refractivity (Wildman–Crippen MR) is 86.8 cm³/mol. The Kier molecular flexibility index (Phi) is 6.05. The summed E-state index contributed by atoms with van der Waals surface area (Å²) in [5, 5.41) is 0. The number of benzene rings is 1. The van der Waals surface area contributed by atoms with Crippen LogP contribution in [-0.4, -0.2) is 23.7 Å². The van der Waals surface area contributed by atoms with E-state index in [-0.39, 0.29) is 11.1 Å². The van der Waals surface area contributed by atoms with Gasteiger partial charge in [0.25, 0.3) is 5.91 Å². The largest absolute Gasteiger partial charge is 0.492 e. The lowest BCUT2D eigenvalue weighted by Crippen LogP contribution is -2.17. The average molecular weight is 408 g/mol. The number of primary amides is 1. The molecule has 0 fully saturated rings. The fraction of sp³-hybridized carbons (Fsp3) is 0.294. The van der Waals surface area contributed by atoms with Gasteiger partial charge in [-0.05, 0) is 30.2 Å². The molecule has 0 spiro atoms. The SMILES string of the molecule is NC(=O)c1cc(C(F)(F)F)cc(-c2cc[nH]c(=O)c2)c1OCCCC(F)(F)F. The number of hydrogen-bond donors (Lipinski definition) is 2. The van der Waals surface area contributed by atoms with Crippen molar-refractivity contribution in [2.75, 3.05) is 6.61 Å². The summed E-state index contributed by atoms with van der Waals surface area (Å²) in [4.78, 5) is 25.5. The number of ether oxygens (including phenoxy) is 1. The van der Waals surface area contributed by atoms with Gasteiger partial charge in [0.15, 0.2) is 0 Å². The summed E-state index contributed by atoms with van der Waals surface area (Å²) >= 11 is 0. The second-order valence-electron chi connectivity index (χ2n) is 5.77. The van der Waals surface area contributed by atoms with E-state index >= 15 is 0 Å². The molecular formula is C17H14F6N2O3. The molecule has 3 N–H and O–H groups in total. The molecule has 0 aliphatic rings. The molecule has 0 aliphatic carbocycles. The lowest BCUT2D eigenvalue weighted by molar-refractivity contribution is -0.138. The highest BCUT2D eigenvalue weighted by Gasteiger charge is 2.34. The number of rotatable bonds is 6. The first kappa shape index (κ1) is 21.3. The fourth-order valence-electron chi connectivity index (χ4n) is 2.40.